The van der Waals surface area contributed by atoms with E-state index in [1.165, 1.54) is 50.6 Å². The number of nitrogens with one attached hydrogen (secondary N) is 2. The minimum absolute atomic E-state index is 0. The third kappa shape index (κ3) is 13.7. The van der Waals surface area contributed by atoms with Crippen LogP contribution in [0.1, 0.15) is 45.7 Å². The number of anilines is 2. The van der Waals surface area contributed by atoms with Crippen molar-refractivity contribution in [2.24, 2.45) is 20.5 Å². The first-order valence-electron chi connectivity index (χ1n) is 22.0. The molecule has 380 valence electrons. The van der Waals surface area contributed by atoms with Crippen LogP contribution in [0.4, 0.5) is 34.1 Å². The molecule has 0 aliphatic heterocycles. The van der Waals surface area contributed by atoms with Gasteiger partial charge in [0.15, 0.2) is 5.75 Å². The van der Waals surface area contributed by atoms with Gasteiger partial charge in [0.05, 0.1) is 30.4 Å². The summed E-state index contributed by atoms with van der Waals surface area (Å²) in [6.45, 7) is 3.36. The molecule has 0 unspecified atom stereocenters. The summed E-state index contributed by atoms with van der Waals surface area (Å²) in [6.07, 6.45) is 0.462. The van der Waals surface area contributed by atoms with Crippen LogP contribution in [0.25, 0.3) is 21.5 Å². The second kappa shape index (κ2) is 25.0. The molecule has 2 amide bonds. The molecule has 0 heterocycles. The van der Waals surface area contributed by atoms with Gasteiger partial charge in [0, 0.05) is 37.8 Å². The number of phenols is 1. The summed E-state index contributed by atoms with van der Waals surface area (Å²) in [5.74, 6) is -1.23. The van der Waals surface area contributed by atoms with E-state index >= 15 is 0 Å². The van der Waals surface area contributed by atoms with Crippen molar-refractivity contribution in [2.75, 3.05) is 24.9 Å². The number of carbonyl (C=O) groups is 2. The Labute approximate surface area is 481 Å². The summed E-state index contributed by atoms with van der Waals surface area (Å²) in [7, 11) is -6.54. The summed E-state index contributed by atoms with van der Waals surface area (Å²) in [5.41, 5.74) is 0.339. The molecule has 0 bridgehead atoms. The van der Waals surface area contributed by atoms with Crippen molar-refractivity contribution in [3.8, 4) is 23.0 Å². The molecule has 8 aromatic rings. The van der Waals surface area contributed by atoms with Gasteiger partial charge in [0.1, 0.15) is 43.6 Å². The molecule has 0 aliphatic carbocycles. The maximum absolute atomic E-state index is 13.4. The molecule has 0 aromatic heterocycles. The number of aryl methyl sites for hydroxylation is 2. The Morgan fingerprint density at radius 2 is 1.01 bits per heavy atom. The zero-order valence-electron chi connectivity index (χ0n) is 40.2. The van der Waals surface area contributed by atoms with Gasteiger partial charge in [0.25, 0.3) is 21.9 Å². The number of carbonyl (C=O) groups excluding carboxylic acids is 2. The SMILES string of the molecule is CCc1cc(Cl)cc(N=Nc2c(O)c(C(=O)Nc3ccc(OC)cc3)cc3ccccc23)c1S(=O)(=O)O.CCc1cc(Cl)cc(N=Nc2c([O-])c(C(=O)Nc3ccc(OC)cc3)cc3ccccc23)c1S(=O)(=O)[O-].[Ba+2]. The molecule has 0 spiro atoms. The molecule has 75 heavy (non-hydrogen) atoms. The molecule has 0 atom stereocenters. The Balaban J connectivity index is 0.000000241. The molecule has 0 saturated carbocycles. The monoisotopic (exact) mass is 1210 g/mol. The van der Waals surface area contributed by atoms with Gasteiger partial charge in [0.2, 0.25) is 0 Å². The predicted octanol–water partition coefficient (Wildman–Crippen LogP) is 12.0. The van der Waals surface area contributed by atoms with Crippen molar-refractivity contribution >= 4 is 160 Å². The van der Waals surface area contributed by atoms with Crippen molar-refractivity contribution < 1.29 is 55.2 Å². The Kier molecular flexibility index (Phi) is 19.3. The number of benzene rings is 8. The number of hydrogen-bond donors (Lipinski definition) is 4. The molecular weight excluding hydrogens is 1170 g/mol. The number of nitrogens with zero attached hydrogens (tertiary/aromatic N) is 4. The van der Waals surface area contributed by atoms with E-state index in [2.05, 4.69) is 31.1 Å². The predicted molar refractivity (Wildman–Crippen MR) is 284 cm³/mol. The first-order valence-corrected chi connectivity index (χ1v) is 25.6. The molecular formula is C52H42BaCl2N6O12S2. The van der Waals surface area contributed by atoms with Crippen molar-refractivity contribution in [3.63, 3.8) is 0 Å². The summed E-state index contributed by atoms with van der Waals surface area (Å²) in [6, 6.07) is 35.0. The third-order valence-electron chi connectivity index (χ3n) is 11.2. The molecule has 0 aliphatic rings. The number of amides is 2. The fourth-order valence-corrected chi connectivity index (χ4v) is 9.90. The van der Waals surface area contributed by atoms with E-state index in [-0.39, 0.29) is 117 Å². The molecule has 0 fully saturated rings. The summed E-state index contributed by atoms with van der Waals surface area (Å²) in [4.78, 5) is 25.1. The molecule has 18 nitrogen and oxygen atoms in total. The van der Waals surface area contributed by atoms with Gasteiger partial charge in [-0.05, 0) is 120 Å². The van der Waals surface area contributed by atoms with E-state index < -0.39 is 53.3 Å². The van der Waals surface area contributed by atoms with Crippen LogP contribution in [-0.2, 0) is 33.1 Å². The number of halogens is 2. The molecule has 8 aromatic carbocycles. The molecule has 4 N–H and O–H groups in total. The average molecular weight is 1220 g/mol. The van der Waals surface area contributed by atoms with Crippen LogP contribution < -0.4 is 25.2 Å². The van der Waals surface area contributed by atoms with E-state index in [1.807, 2.05) is 0 Å². The first kappa shape index (κ1) is 57.9. The molecule has 8 rings (SSSR count). The summed E-state index contributed by atoms with van der Waals surface area (Å²) in [5, 5.41) is 48.2. The van der Waals surface area contributed by atoms with Crippen LogP contribution in [-0.4, -0.2) is 106 Å². The van der Waals surface area contributed by atoms with E-state index in [1.54, 1.807) is 111 Å². The number of ether oxygens (including phenoxy) is 2. The Hall–Kier alpha value is -6.41. The Morgan fingerprint density at radius 1 is 0.600 bits per heavy atom. The fraction of sp³-hybridized carbons (Fsp3) is 0.115. The molecule has 23 heteroatoms. The number of aromatic hydroxyl groups is 1. The minimum atomic E-state index is -4.92. The van der Waals surface area contributed by atoms with E-state index in [0.717, 1.165) is 0 Å². The number of methoxy groups -OCH3 is 2. The zero-order valence-corrected chi connectivity index (χ0v) is 47.7. The van der Waals surface area contributed by atoms with Crippen LogP contribution in [0.15, 0.2) is 164 Å². The van der Waals surface area contributed by atoms with Gasteiger partial charge in [-0.3, -0.25) is 14.1 Å². The van der Waals surface area contributed by atoms with Gasteiger partial charge in [-0.2, -0.15) is 13.5 Å². The zero-order chi connectivity index (χ0) is 53.5. The van der Waals surface area contributed by atoms with E-state index in [4.69, 9.17) is 32.7 Å². The number of phenolic OH excluding ortho intramolecular Hbond substituents is 1. The van der Waals surface area contributed by atoms with Gasteiger partial charge in [-0.15, -0.1) is 15.3 Å². The average Bonchev–Trinajstić information content (AvgIpc) is 3.37. The maximum atomic E-state index is 13.4. The van der Waals surface area contributed by atoms with Gasteiger partial charge in [-0.25, -0.2) is 8.42 Å². The van der Waals surface area contributed by atoms with Gasteiger partial charge < -0.3 is 34.9 Å². The van der Waals surface area contributed by atoms with Crippen molar-refractivity contribution in [2.45, 2.75) is 36.5 Å². The summed E-state index contributed by atoms with van der Waals surface area (Å²) >= 11 is 12.2. The topological polar surface area (TPSA) is 281 Å². The fourth-order valence-electron chi connectivity index (χ4n) is 7.65. The number of rotatable bonds is 14. The van der Waals surface area contributed by atoms with Gasteiger partial charge >= 0.3 is 48.9 Å². The van der Waals surface area contributed by atoms with Crippen molar-refractivity contribution in [1.82, 2.24) is 0 Å². The Bertz CT molecular complexity index is 3530. The second-order valence-corrected chi connectivity index (χ2v) is 19.4. The van der Waals surface area contributed by atoms with E-state index in [9.17, 15) is 45.7 Å². The third-order valence-corrected chi connectivity index (χ3v) is 13.6. The van der Waals surface area contributed by atoms with E-state index in [0.29, 0.717) is 44.4 Å². The largest absolute Gasteiger partial charge is 2.00 e. The first-order chi connectivity index (χ1) is 35.2. The molecule has 0 radical (unpaired) electrons. The van der Waals surface area contributed by atoms with Crippen molar-refractivity contribution in [1.29, 1.82) is 0 Å². The second-order valence-electron chi connectivity index (χ2n) is 15.9. The molecule has 0 saturated heterocycles. The van der Waals surface area contributed by atoms with Crippen molar-refractivity contribution in [3.05, 3.63) is 166 Å². The summed E-state index contributed by atoms with van der Waals surface area (Å²) < 4.78 is 80.1. The number of hydrogen-bond acceptors (Lipinski definition) is 15. The van der Waals surface area contributed by atoms with Crippen LogP contribution in [0, 0.1) is 0 Å². The van der Waals surface area contributed by atoms with Crippen LogP contribution in [0.3, 0.4) is 0 Å². The normalized spacial score (nSPS) is 11.5. The quantitative estimate of drug-likeness (QED) is 0.0449. The number of azo groups is 2. The van der Waals surface area contributed by atoms with Crippen LogP contribution in [0.5, 0.6) is 23.0 Å². The van der Waals surface area contributed by atoms with Crippen LogP contribution >= 0.6 is 23.2 Å². The van der Waals surface area contributed by atoms with Gasteiger partial charge in [-0.1, -0.05) is 91.3 Å². The number of fused-ring (bicyclic) bond motifs is 2. The maximum Gasteiger partial charge on any atom is 2.00 e. The smallest absolute Gasteiger partial charge is 0.870 e. The minimum Gasteiger partial charge on any atom is -0.870 e. The standard InChI is InChI=1S/2C26H22ClN3O6S.Ba/c2*1-3-15-12-17(27)14-22(25(15)37(33,34)35)29-30-23-20-7-5-4-6-16(20)13-21(24(23)31)26(32)28-18-8-10-19(36-2)11-9-18;/h2*4-14,31H,3H2,1-2H3,(H,28,32)(H,33,34,35);/q;;+2/p-2. The van der Waals surface area contributed by atoms with Crippen LogP contribution in [0.2, 0.25) is 10.0 Å². The Morgan fingerprint density at radius 3 is 1.47 bits per heavy atom.